The normalized spacial score (nSPS) is 16.2. The molecule has 0 saturated carbocycles. The molecule has 1 saturated heterocycles. The minimum Gasteiger partial charge on any atom is -0.485 e. The van der Waals surface area contributed by atoms with E-state index in [4.69, 9.17) is 14.6 Å². The van der Waals surface area contributed by atoms with Gasteiger partial charge in [0.2, 0.25) is 0 Å². The third-order valence-electron chi connectivity index (χ3n) is 2.43. The number of carboxylic acids is 1. The van der Waals surface area contributed by atoms with Crippen LogP contribution >= 0.6 is 0 Å². The largest absolute Gasteiger partial charge is 0.485 e. The first-order valence-corrected chi connectivity index (χ1v) is 5.07. The van der Waals surface area contributed by atoms with E-state index in [1.54, 1.807) is 0 Å². The lowest BCUT2D eigenvalue weighted by atomic mass is 10.1. The van der Waals surface area contributed by atoms with Gasteiger partial charge in [-0.25, -0.2) is 4.79 Å². The van der Waals surface area contributed by atoms with E-state index in [-0.39, 0.29) is 19.0 Å². The smallest absolute Gasteiger partial charge is 0.419 e. The molecule has 0 aliphatic carbocycles. The Morgan fingerprint density at radius 1 is 1.39 bits per heavy atom. The Hall–Kier alpha value is -1.76. The molecule has 1 aromatic carbocycles. The molecule has 1 fully saturated rings. The molecule has 18 heavy (non-hydrogen) atoms. The quantitative estimate of drug-likeness (QED) is 0.907. The van der Waals surface area contributed by atoms with E-state index in [1.165, 1.54) is 0 Å². The molecule has 1 aliphatic rings. The minimum atomic E-state index is -4.66. The number of halogens is 3. The van der Waals surface area contributed by atoms with Crippen LogP contribution in [0.2, 0.25) is 0 Å². The van der Waals surface area contributed by atoms with Crippen molar-refractivity contribution >= 4 is 5.97 Å². The Morgan fingerprint density at radius 2 is 2.06 bits per heavy atom. The molecule has 0 atom stereocenters. The van der Waals surface area contributed by atoms with Gasteiger partial charge in [0.1, 0.15) is 11.9 Å². The fourth-order valence-corrected chi connectivity index (χ4v) is 1.45. The number of carbonyl (C=O) groups is 1. The van der Waals surface area contributed by atoms with E-state index in [9.17, 15) is 18.0 Å². The molecular weight excluding hydrogens is 253 g/mol. The molecule has 1 aliphatic heterocycles. The molecule has 1 N–H and O–H groups in total. The number of ether oxygens (including phenoxy) is 2. The van der Waals surface area contributed by atoms with Crippen molar-refractivity contribution in [3.05, 3.63) is 29.3 Å². The number of rotatable bonds is 3. The van der Waals surface area contributed by atoms with Gasteiger partial charge in [0.25, 0.3) is 0 Å². The van der Waals surface area contributed by atoms with Gasteiger partial charge in [0.05, 0.1) is 24.3 Å². The van der Waals surface area contributed by atoms with Gasteiger partial charge < -0.3 is 14.6 Å². The summed E-state index contributed by atoms with van der Waals surface area (Å²) in [6.45, 7) is 0.468. The second kappa shape index (κ2) is 4.49. The van der Waals surface area contributed by atoms with E-state index in [1.807, 2.05) is 0 Å². The molecule has 4 nitrogen and oxygen atoms in total. The van der Waals surface area contributed by atoms with E-state index in [0.29, 0.717) is 6.07 Å². The Kier molecular flexibility index (Phi) is 3.16. The molecule has 0 radical (unpaired) electrons. The topological polar surface area (TPSA) is 55.8 Å². The van der Waals surface area contributed by atoms with Crippen LogP contribution in [0.3, 0.4) is 0 Å². The molecule has 1 aromatic rings. The summed E-state index contributed by atoms with van der Waals surface area (Å²) in [7, 11) is 0. The Balaban J connectivity index is 2.34. The number of aromatic carboxylic acids is 1. The lowest BCUT2D eigenvalue weighted by Crippen LogP contribution is -2.39. The SMILES string of the molecule is O=C(O)c1ccc(OC2COC2)c(C(F)(F)F)c1. The van der Waals surface area contributed by atoms with Crippen molar-refractivity contribution in [3.63, 3.8) is 0 Å². The highest BCUT2D eigenvalue weighted by atomic mass is 19.4. The first-order valence-electron chi connectivity index (χ1n) is 5.07. The third kappa shape index (κ3) is 2.56. The van der Waals surface area contributed by atoms with Gasteiger partial charge >= 0.3 is 12.1 Å². The first-order chi connectivity index (χ1) is 8.38. The molecule has 0 spiro atoms. The zero-order chi connectivity index (χ0) is 13.3. The van der Waals surface area contributed by atoms with Crippen LogP contribution in [0.4, 0.5) is 13.2 Å². The lowest BCUT2D eigenvalue weighted by Gasteiger charge is -2.28. The molecule has 0 aromatic heterocycles. The summed E-state index contributed by atoms with van der Waals surface area (Å²) < 4.78 is 48.2. The number of benzene rings is 1. The molecule has 0 unspecified atom stereocenters. The Bertz CT molecular complexity index is 466. The van der Waals surface area contributed by atoms with Gasteiger partial charge in [-0.1, -0.05) is 0 Å². The van der Waals surface area contributed by atoms with Crippen LogP contribution in [0.5, 0.6) is 5.75 Å². The van der Waals surface area contributed by atoms with Crippen LogP contribution in [0.15, 0.2) is 18.2 Å². The van der Waals surface area contributed by atoms with Crippen LogP contribution in [-0.2, 0) is 10.9 Å². The summed E-state index contributed by atoms with van der Waals surface area (Å²) >= 11 is 0. The van der Waals surface area contributed by atoms with E-state index >= 15 is 0 Å². The standard InChI is InChI=1S/C11H9F3O4/c12-11(13,14)8-3-6(10(15)16)1-2-9(8)18-7-4-17-5-7/h1-3,7H,4-5H2,(H,15,16). The third-order valence-corrected chi connectivity index (χ3v) is 2.43. The van der Waals surface area contributed by atoms with Gasteiger partial charge in [-0.3, -0.25) is 0 Å². The zero-order valence-electron chi connectivity index (χ0n) is 9.03. The lowest BCUT2D eigenvalue weighted by molar-refractivity contribution is -0.141. The maximum atomic E-state index is 12.8. The predicted molar refractivity (Wildman–Crippen MR) is 53.6 cm³/mol. The second-order valence-electron chi connectivity index (χ2n) is 3.79. The summed E-state index contributed by atoms with van der Waals surface area (Å²) in [5.74, 6) is -1.79. The van der Waals surface area contributed by atoms with Crippen LogP contribution in [0.1, 0.15) is 15.9 Å². The van der Waals surface area contributed by atoms with Crippen molar-refractivity contribution in [2.24, 2.45) is 0 Å². The fraction of sp³-hybridized carbons (Fsp3) is 0.364. The van der Waals surface area contributed by atoms with Crippen LogP contribution in [-0.4, -0.2) is 30.4 Å². The zero-order valence-corrected chi connectivity index (χ0v) is 9.03. The van der Waals surface area contributed by atoms with Crippen molar-refractivity contribution < 1.29 is 32.5 Å². The summed E-state index contributed by atoms with van der Waals surface area (Å²) in [6, 6.07) is 2.66. The molecule has 2 rings (SSSR count). The maximum Gasteiger partial charge on any atom is 0.419 e. The van der Waals surface area contributed by atoms with E-state index in [2.05, 4.69) is 0 Å². The first kappa shape index (κ1) is 12.7. The highest BCUT2D eigenvalue weighted by Gasteiger charge is 2.36. The van der Waals surface area contributed by atoms with E-state index in [0.717, 1.165) is 12.1 Å². The maximum absolute atomic E-state index is 12.8. The van der Waals surface area contributed by atoms with Crippen molar-refractivity contribution in [1.29, 1.82) is 0 Å². The molecule has 98 valence electrons. The number of carboxylic acid groups (broad SMARTS) is 1. The number of hydrogen-bond donors (Lipinski definition) is 1. The van der Waals surface area contributed by atoms with Gasteiger partial charge in [0.15, 0.2) is 0 Å². The number of hydrogen-bond acceptors (Lipinski definition) is 3. The molecular formula is C11H9F3O4. The highest BCUT2D eigenvalue weighted by molar-refractivity contribution is 5.88. The molecule has 0 amide bonds. The second-order valence-corrected chi connectivity index (χ2v) is 3.79. The van der Waals surface area contributed by atoms with Crippen LogP contribution in [0, 0.1) is 0 Å². The predicted octanol–water partition coefficient (Wildman–Crippen LogP) is 2.18. The molecule has 0 bridgehead atoms. The van der Waals surface area contributed by atoms with Crippen molar-refractivity contribution in [2.45, 2.75) is 12.3 Å². The van der Waals surface area contributed by atoms with Gasteiger partial charge in [-0.15, -0.1) is 0 Å². The van der Waals surface area contributed by atoms with E-state index < -0.39 is 29.4 Å². The van der Waals surface area contributed by atoms with Gasteiger partial charge in [-0.05, 0) is 18.2 Å². The Labute approximate surface area is 99.9 Å². The van der Waals surface area contributed by atoms with Crippen molar-refractivity contribution in [2.75, 3.05) is 13.2 Å². The van der Waals surface area contributed by atoms with Crippen molar-refractivity contribution in [3.8, 4) is 5.75 Å². The average Bonchev–Trinajstić information content (AvgIpc) is 2.22. The van der Waals surface area contributed by atoms with Gasteiger partial charge in [-0.2, -0.15) is 13.2 Å². The summed E-state index contributed by atoms with van der Waals surface area (Å²) in [5.41, 5.74) is -1.52. The van der Waals surface area contributed by atoms with Crippen LogP contribution < -0.4 is 4.74 Å². The Morgan fingerprint density at radius 3 is 2.50 bits per heavy atom. The van der Waals surface area contributed by atoms with Crippen LogP contribution in [0.25, 0.3) is 0 Å². The van der Waals surface area contributed by atoms with Crippen molar-refractivity contribution in [1.82, 2.24) is 0 Å². The fourth-order valence-electron chi connectivity index (χ4n) is 1.45. The summed E-state index contributed by atoms with van der Waals surface area (Å²) in [5, 5.41) is 8.68. The monoisotopic (exact) mass is 262 g/mol. The highest BCUT2D eigenvalue weighted by Crippen LogP contribution is 2.37. The summed E-state index contributed by atoms with van der Waals surface area (Å²) in [4.78, 5) is 10.7. The average molecular weight is 262 g/mol. The molecule has 7 heteroatoms. The number of alkyl halides is 3. The molecule has 1 heterocycles. The van der Waals surface area contributed by atoms with Gasteiger partial charge in [0, 0.05) is 0 Å². The summed E-state index contributed by atoms with van der Waals surface area (Å²) in [6.07, 6.45) is -5.08. The minimum absolute atomic E-state index is 0.234.